The fourth-order valence-electron chi connectivity index (χ4n) is 3.39. The standard InChI is InChI=1S/C21H25FN2O2/c1-15(16-3-7-18(22)8-4-16)24-13-11-19(12-14-24)23-21(25)17-5-9-20(26-2)10-6-17/h3-10,15,19H,11-14H2,1-2H3,(H,23,25). The lowest BCUT2D eigenvalue weighted by atomic mass is 10.00. The summed E-state index contributed by atoms with van der Waals surface area (Å²) >= 11 is 0. The summed E-state index contributed by atoms with van der Waals surface area (Å²) in [6.45, 7) is 3.96. The summed E-state index contributed by atoms with van der Waals surface area (Å²) in [6, 6.07) is 14.3. The molecule has 0 bridgehead atoms. The molecule has 1 amide bonds. The zero-order valence-corrected chi connectivity index (χ0v) is 15.2. The lowest BCUT2D eigenvalue weighted by Crippen LogP contribution is -2.45. The second kappa shape index (κ2) is 8.32. The summed E-state index contributed by atoms with van der Waals surface area (Å²) in [5.41, 5.74) is 1.76. The van der Waals surface area contributed by atoms with Crippen molar-refractivity contribution in [3.8, 4) is 5.75 Å². The highest BCUT2D eigenvalue weighted by atomic mass is 19.1. The average Bonchev–Trinajstić information content (AvgIpc) is 2.68. The molecule has 26 heavy (non-hydrogen) atoms. The minimum atomic E-state index is -0.207. The number of likely N-dealkylation sites (tertiary alicyclic amines) is 1. The molecule has 1 aliphatic rings. The normalized spacial score (nSPS) is 16.9. The number of methoxy groups -OCH3 is 1. The summed E-state index contributed by atoms with van der Waals surface area (Å²) < 4.78 is 18.2. The number of rotatable bonds is 5. The van der Waals surface area contributed by atoms with E-state index >= 15 is 0 Å². The van der Waals surface area contributed by atoms with Crippen LogP contribution in [0.5, 0.6) is 5.75 Å². The summed E-state index contributed by atoms with van der Waals surface area (Å²) in [5.74, 6) is 0.489. The third-order valence-corrected chi connectivity index (χ3v) is 5.12. The molecule has 0 spiro atoms. The number of hydrogen-bond donors (Lipinski definition) is 1. The highest BCUT2D eigenvalue weighted by Crippen LogP contribution is 2.24. The van der Waals surface area contributed by atoms with Crippen molar-refractivity contribution in [2.75, 3.05) is 20.2 Å². The molecule has 0 saturated carbocycles. The highest BCUT2D eigenvalue weighted by Gasteiger charge is 2.24. The number of halogens is 1. The van der Waals surface area contributed by atoms with Crippen LogP contribution in [-0.4, -0.2) is 37.0 Å². The largest absolute Gasteiger partial charge is 0.497 e. The molecule has 2 aromatic rings. The van der Waals surface area contributed by atoms with Crippen LogP contribution >= 0.6 is 0 Å². The second-order valence-electron chi connectivity index (χ2n) is 6.74. The van der Waals surface area contributed by atoms with Crippen LogP contribution < -0.4 is 10.1 Å². The van der Waals surface area contributed by atoms with Crippen molar-refractivity contribution in [3.63, 3.8) is 0 Å². The Balaban J connectivity index is 1.51. The summed E-state index contributed by atoms with van der Waals surface area (Å²) in [5, 5.41) is 3.12. The minimum absolute atomic E-state index is 0.0438. The van der Waals surface area contributed by atoms with Gasteiger partial charge in [-0.05, 0) is 61.7 Å². The fraction of sp³-hybridized carbons (Fsp3) is 0.381. The summed E-state index contributed by atoms with van der Waals surface area (Å²) in [4.78, 5) is 14.8. The van der Waals surface area contributed by atoms with Gasteiger partial charge in [0.1, 0.15) is 11.6 Å². The van der Waals surface area contributed by atoms with E-state index in [-0.39, 0.29) is 23.8 Å². The topological polar surface area (TPSA) is 41.6 Å². The molecule has 3 rings (SSSR count). The number of benzene rings is 2. The summed E-state index contributed by atoms with van der Waals surface area (Å²) in [6.07, 6.45) is 1.82. The van der Waals surface area contributed by atoms with Crippen molar-refractivity contribution in [1.29, 1.82) is 0 Å². The molecular formula is C21H25FN2O2. The number of nitrogens with zero attached hydrogens (tertiary/aromatic N) is 1. The van der Waals surface area contributed by atoms with Crippen molar-refractivity contribution in [2.45, 2.75) is 31.8 Å². The number of carbonyl (C=O) groups excluding carboxylic acids is 1. The number of amides is 1. The molecule has 4 nitrogen and oxygen atoms in total. The van der Waals surface area contributed by atoms with Crippen LogP contribution in [0.1, 0.15) is 41.7 Å². The van der Waals surface area contributed by atoms with Crippen molar-refractivity contribution < 1.29 is 13.9 Å². The maximum atomic E-state index is 13.1. The zero-order valence-electron chi connectivity index (χ0n) is 15.2. The predicted octanol–water partition coefficient (Wildman–Crippen LogP) is 3.79. The fourth-order valence-corrected chi connectivity index (χ4v) is 3.39. The third-order valence-electron chi connectivity index (χ3n) is 5.12. The SMILES string of the molecule is COc1ccc(C(=O)NC2CCN(C(C)c3ccc(F)cc3)CC2)cc1. The first-order valence-corrected chi connectivity index (χ1v) is 9.01. The molecule has 1 saturated heterocycles. The van der Waals surface area contributed by atoms with E-state index in [1.54, 1.807) is 31.4 Å². The van der Waals surface area contributed by atoms with E-state index in [0.29, 0.717) is 5.56 Å². The molecule has 1 fully saturated rings. The number of ether oxygens (including phenoxy) is 1. The van der Waals surface area contributed by atoms with Crippen molar-refractivity contribution >= 4 is 5.91 Å². The van der Waals surface area contributed by atoms with Gasteiger partial charge < -0.3 is 10.1 Å². The average molecular weight is 356 g/mol. The first-order chi connectivity index (χ1) is 12.6. The van der Waals surface area contributed by atoms with Gasteiger partial charge in [-0.15, -0.1) is 0 Å². The molecule has 1 aliphatic heterocycles. The van der Waals surface area contributed by atoms with Crippen LogP contribution in [-0.2, 0) is 0 Å². The number of piperidine rings is 1. The molecule has 1 atom stereocenters. The van der Waals surface area contributed by atoms with Gasteiger partial charge in [-0.2, -0.15) is 0 Å². The van der Waals surface area contributed by atoms with Crippen molar-refractivity contribution in [2.24, 2.45) is 0 Å². The Bertz CT molecular complexity index is 723. The molecule has 0 aromatic heterocycles. The van der Waals surface area contributed by atoms with Gasteiger partial charge in [0.15, 0.2) is 0 Å². The summed E-state index contributed by atoms with van der Waals surface area (Å²) in [7, 11) is 1.61. The van der Waals surface area contributed by atoms with Crippen LogP contribution in [0.15, 0.2) is 48.5 Å². The van der Waals surface area contributed by atoms with Gasteiger partial charge in [0, 0.05) is 30.7 Å². The first-order valence-electron chi connectivity index (χ1n) is 9.01. The monoisotopic (exact) mass is 356 g/mol. The molecule has 5 heteroatoms. The van der Waals surface area contributed by atoms with Gasteiger partial charge >= 0.3 is 0 Å². The third kappa shape index (κ3) is 4.41. The maximum absolute atomic E-state index is 13.1. The van der Waals surface area contributed by atoms with Gasteiger partial charge in [-0.3, -0.25) is 9.69 Å². The van der Waals surface area contributed by atoms with E-state index in [4.69, 9.17) is 4.74 Å². The van der Waals surface area contributed by atoms with Gasteiger partial charge in [0.25, 0.3) is 5.91 Å². The predicted molar refractivity (Wildman–Crippen MR) is 99.9 cm³/mol. The van der Waals surface area contributed by atoms with Gasteiger partial charge in [0.2, 0.25) is 0 Å². The van der Waals surface area contributed by atoms with E-state index in [1.807, 2.05) is 12.1 Å². The molecule has 138 valence electrons. The smallest absolute Gasteiger partial charge is 0.251 e. The van der Waals surface area contributed by atoms with Crippen LogP contribution in [0, 0.1) is 5.82 Å². The Morgan fingerprint density at radius 2 is 1.73 bits per heavy atom. The first kappa shape index (κ1) is 18.4. The van der Waals surface area contributed by atoms with Crippen LogP contribution in [0.3, 0.4) is 0 Å². The van der Waals surface area contributed by atoms with Crippen LogP contribution in [0.4, 0.5) is 4.39 Å². The minimum Gasteiger partial charge on any atom is -0.497 e. The Labute approximate surface area is 154 Å². The van der Waals surface area contributed by atoms with Gasteiger partial charge in [-0.25, -0.2) is 4.39 Å². The molecule has 1 unspecified atom stereocenters. The van der Waals surface area contributed by atoms with Crippen LogP contribution in [0.2, 0.25) is 0 Å². The van der Waals surface area contributed by atoms with Crippen molar-refractivity contribution in [1.82, 2.24) is 10.2 Å². The molecule has 0 aliphatic carbocycles. The molecule has 1 N–H and O–H groups in total. The molecule has 1 heterocycles. The molecular weight excluding hydrogens is 331 g/mol. The van der Waals surface area contributed by atoms with Gasteiger partial charge in [-0.1, -0.05) is 12.1 Å². The number of hydrogen-bond acceptors (Lipinski definition) is 3. The van der Waals surface area contributed by atoms with Crippen LogP contribution in [0.25, 0.3) is 0 Å². The Morgan fingerprint density at radius 3 is 2.31 bits per heavy atom. The lowest BCUT2D eigenvalue weighted by molar-refractivity contribution is 0.0896. The Kier molecular flexibility index (Phi) is 5.89. The van der Waals surface area contributed by atoms with E-state index in [0.717, 1.165) is 37.2 Å². The maximum Gasteiger partial charge on any atom is 0.251 e. The quantitative estimate of drug-likeness (QED) is 0.886. The zero-order chi connectivity index (χ0) is 18.5. The van der Waals surface area contributed by atoms with E-state index in [1.165, 1.54) is 12.1 Å². The molecule has 0 radical (unpaired) electrons. The van der Waals surface area contributed by atoms with Crippen molar-refractivity contribution in [3.05, 3.63) is 65.5 Å². The van der Waals surface area contributed by atoms with E-state index in [2.05, 4.69) is 17.1 Å². The Morgan fingerprint density at radius 1 is 1.12 bits per heavy atom. The number of nitrogens with one attached hydrogen (secondary N) is 1. The van der Waals surface area contributed by atoms with E-state index < -0.39 is 0 Å². The van der Waals surface area contributed by atoms with Gasteiger partial charge in [0.05, 0.1) is 7.11 Å². The lowest BCUT2D eigenvalue weighted by Gasteiger charge is -2.36. The molecule has 2 aromatic carbocycles. The second-order valence-corrected chi connectivity index (χ2v) is 6.74. The van der Waals surface area contributed by atoms with E-state index in [9.17, 15) is 9.18 Å². The Hall–Kier alpha value is -2.40. The highest BCUT2D eigenvalue weighted by molar-refractivity contribution is 5.94. The number of carbonyl (C=O) groups is 1.